The van der Waals surface area contributed by atoms with Crippen LogP contribution in [-0.2, 0) is 10.0 Å². The molecule has 3 aromatic rings. The summed E-state index contributed by atoms with van der Waals surface area (Å²) in [6.45, 7) is 11.4. The number of nitrogen functional groups attached to an aromatic ring is 1. The maximum absolute atomic E-state index is 13.9. The van der Waals surface area contributed by atoms with Crippen LogP contribution in [0.3, 0.4) is 0 Å². The van der Waals surface area contributed by atoms with Gasteiger partial charge in [0.2, 0.25) is 5.62 Å². The van der Waals surface area contributed by atoms with Gasteiger partial charge in [-0.15, -0.1) is 16.0 Å². The third kappa shape index (κ3) is 9.75. The number of sulfonamides is 1. The van der Waals surface area contributed by atoms with Gasteiger partial charge in [0.1, 0.15) is 0 Å². The predicted octanol–water partition coefficient (Wildman–Crippen LogP) is 6.04. The number of aryl methyl sites for hydroxylation is 1. The first-order valence-electron chi connectivity index (χ1n) is 15.0. The zero-order valence-corrected chi connectivity index (χ0v) is 27.8. The number of amides is 1. The molecule has 44 heavy (non-hydrogen) atoms. The summed E-state index contributed by atoms with van der Waals surface area (Å²) in [5, 5.41) is 0. The first-order chi connectivity index (χ1) is 20.8. The Kier molecular flexibility index (Phi) is 12.7. The number of anilines is 1. The van der Waals surface area contributed by atoms with E-state index in [9.17, 15) is 18.0 Å². The Hall–Kier alpha value is -3.50. The Morgan fingerprint density at radius 3 is 2.07 bits per heavy atom. The van der Waals surface area contributed by atoms with E-state index in [-0.39, 0.29) is 40.1 Å². The highest BCUT2D eigenvalue weighted by Gasteiger charge is 2.26. The number of Topliss-reactive ketones (excluding diaryl/α,β-unsaturated/α-hetero) is 1. The number of hydrogen-bond donors (Lipinski definition) is 1. The van der Waals surface area contributed by atoms with E-state index < -0.39 is 16.1 Å². The fourth-order valence-corrected chi connectivity index (χ4v) is 5.64. The molecule has 1 atom stereocenters. The van der Waals surface area contributed by atoms with Crippen molar-refractivity contribution in [1.82, 2.24) is 14.5 Å². The lowest BCUT2D eigenvalue weighted by Crippen LogP contribution is -2.37. The van der Waals surface area contributed by atoms with Crippen LogP contribution in [-0.4, -0.2) is 53.5 Å². The van der Waals surface area contributed by atoms with Gasteiger partial charge in [0, 0.05) is 42.6 Å². The number of nitrogens with two attached hydrogens (primary N) is 1. The third-order valence-corrected chi connectivity index (χ3v) is 8.82. The number of rotatable bonds is 15. The minimum absolute atomic E-state index is 0.00711. The number of halogens is 1. The van der Waals surface area contributed by atoms with Crippen molar-refractivity contribution in [3.63, 3.8) is 0 Å². The lowest BCUT2D eigenvalue weighted by Gasteiger charge is -2.26. The molecule has 3 rings (SSSR count). The van der Waals surface area contributed by atoms with Gasteiger partial charge in [0.25, 0.3) is 15.9 Å². The predicted molar refractivity (Wildman–Crippen MR) is 175 cm³/mol. The van der Waals surface area contributed by atoms with Crippen LogP contribution in [0.15, 0.2) is 70.2 Å². The molecule has 9 nitrogen and oxygen atoms in total. The van der Waals surface area contributed by atoms with Crippen molar-refractivity contribution in [2.24, 2.45) is 16.2 Å². The Morgan fingerprint density at radius 1 is 0.932 bits per heavy atom. The monoisotopic (exact) mass is 641 g/mol. The highest BCUT2D eigenvalue weighted by molar-refractivity contribution is 7.90. The van der Waals surface area contributed by atoms with Crippen molar-refractivity contribution < 1.29 is 18.0 Å². The average Bonchev–Trinajstić information content (AvgIpc) is 2.97. The van der Waals surface area contributed by atoms with Crippen molar-refractivity contribution in [1.29, 1.82) is 0 Å². The molecule has 0 saturated carbocycles. The largest absolute Gasteiger partial charge is 0.399 e. The standard InChI is InChI=1S/C33H44ClN5O4S/c1-23(2)16-19-38(20-17-24(3)4)32(41)27-21-36-33(37-44(42,43)29-14-8-25(5)9-15-29)39(22-27)30(7-6-18-34)31(40)26-10-12-28(35)13-11-26/h8-15,21-24,30H,6-7,16-20,35H2,1-5H3/b37-33+. The molecular formula is C33H44ClN5O4S. The summed E-state index contributed by atoms with van der Waals surface area (Å²) in [5.41, 5.74) is 7.67. The molecular weight excluding hydrogens is 598 g/mol. The molecule has 238 valence electrons. The summed E-state index contributed by atoms with van der Waals surface area (Å²) >= 11 is 6.05. The second-order valence-corrected chi connectivity index (χ2v) is 13.9. The van der Waals surface area contributed by atoms with Gasteiger partial charge in [-0.05, 0) is 80.8 Å². The number of aromatic nitrogens is 2. The summed E-state index contributed by atoms with van der Waals surface area (Å²) < 4.78 is 32.3. The van der Waals surface area contributed by atoms with Crippen LogP contribution < -0.4 is 11.4 Å². The molecule has 0 fully saturated rings. The number of carbonyl (C=O) groups is 2. The molecule has 1 amide bonds. The van der Waals surface area contributed by atoms with Gasteiger partial charge in [-0.25, -0.2) is 4.98 Å². The van der Waals surface area contributed by atoms with Crippen LogP contribution in [0, 0.1) is 18.8 Å². The number of benzene rings is 2. The van der Waals surface area contributed by atoms with Gasteiger partial charge in [-0.3, -0.25) is 9.59 Å². The zero-order chi connectivity index (χ0) is 32.4. The lowest BCUT2D eigenvalue weighted by molar-refractivity contribution is 0.0737. The fraction of sp³-hybridized carbons (Fsp3) is 0.455. The molecule has 0 bridgehead atoms. The van der Waals surface area contributed by atoms with E-state index in [4.69, 9.17) is 17.3 Å². The number of nitrogens with zero attached hydrogens (tertiary/aromatic N) is 4. The molecule has 0 radical (unpaired) electrons. The molecule has 2 N–H and O–H groups in total. The van der Waals surface area contributed by atoms with Crippen molar-refractivity contribution in [3.8, 4) is 0 Å². The van der Waals surface area contributed by atoms with Gasteiger partial charge < -0.3 is 15.2 Å². The SMILES string of the molecule is Cc1ccc(S(=O)(=O)/N=c2\ncc(C(=O)N(CCC(C)C)CCC(C)C)cn2C(CCCCl)C(=O)c2ccc(N)cc2)cc1. The summed E-state index contributed by atoms with van der Waals surface area (Å²) in [6.07, 6.45) is 5.23. The summed E-state index contributed by atoms with van der Waals surface area (Å²) in [6, 6.07) is 11.9. The molecule has 1 heterocycles. The Labute approximate surface area is 266 Å². The van der Waals surface area contributed by atoms with E-state index in [1.54, 1.807) is 41.3 Å². The van der Waals surface area contributed by atoms with Crippen molar-refractivity contribution >= 4 is 39.0 Å². The third-order valence-electron chi connectivity index (χ3n) is 7.28. The maximum Gasteiger partial charge on any atom is 0.285 e. The fourth-order valence-electron chi connectivity index (χ4n) is 4.55. The van der Waals surface area contributed by atoms with Crippen LogP contribution in [0.5, 0.6) is 0 Å². The first-order valence-corrected chi connectivity index (χ1v) is 17.0. The molecule has 1 aromatic heterocycles. The second kappa shape index (κ2) is 16.0. The van der Waals surface area contributed by atoms with Crippen LogP contribution in [0.25, 0.3) is 0 Å². The molecule has 0 spiro atoms. The number of ketones is 1. The molecule has 0 aliphatic heterocycles. The van der Waals surface area contributed by atoms with Gasteiger partial charge in [0.05, 0.1) is 16.5 Å². The molecule has 11 heteroatoms. The van der Waals surface area contributed by atoms with Crippen LogP contribution in [0.1, 0.15) is 85.7 Å². The molecule has 1 unspecified atom stereocenters. The molecule has 0 aliphatic carbocycles. The molecule has 0 saturated heterocycles. The topological polar surface area (TPSA) is 128 Å². The van der Waals surface area contributed by atoms with Gasteiger partial charge in [-0.1, -0.05) is 45.4 Å². The van der Waals surface area contributed by atoms with Crippen molar-refractivity contribution in [2.45, 2.75) is 71.2 Å². The smallest absolute Gasteiger partial charge is 0.285 e. The van der Waals surface area contributed by atoms with Crippen LogP contribution in [0.4, 0.5) is 5.69 Å². The summed E-state index contributed by atoms with van der Waals surface area (Å²) in [7, 11) is -4.20. The number of carbonyl (C=O) groups excluding carboxylic acids is 2. The van der Waals surface area contributed by atoms with Gasteiger partial charge in [-0.2, -0.15) is 8.42 Å². The maximum atomic E-state index is 13.9. The lowest BCUT2D eigenvalue weighted by atomic mass is 9.99. The van der Waals surface area contributed by atoms with E-state index in [2.05, 4.69) is 37.1 Å². The summed E-state index contributed by atoms with van der Waals surface area (Å²) in [5.74, 6) is 0.546. The Morgan fingerprint density at radius 2 is 1.52 bits per heavy atom. The number of hydrogen-bond acceptors (Lipinski definition) is 6. The Bertz CT molecular complexity index is 1570. The van der Waals surface area contributed by atoms with Gasteiger partial charge in [0.15, 0.2) is 5.78 Å². The average molecular weight is 642 g/mol. The van der Waals surface area contributed by atoms with E-state index >= 15 is 0 Å². The highest BCUT2D eigenvalue weighted by atomic mass is 35.5. The highest BCUT2D eigenvalue weighted by Crippen LogP contribution is 2.22. The van der Waals surface area contributed by atoms with E-state index in [0.717, 1.165) is 18.4 Å². The number of alkyl halides is 1. The van der Waals surface area contributed by atoms with E-state index in [1.165, 1.54) is 29.1 Å². The van der Waals surface area contributed by atoms with Crippen molar-refractivity contribution in [3.05, 3.63) is 83.2 Å². The van der Waals surface area contributed by atoms with E-state index in [1.807, 2.05) is 6.92 Å². The minimum Gasteiger partial charge on any atom is -0.399 e. The molecule has 0 aliphatic rings. The van der Waals surface area contributed by atoms with Crippen LogP contribution in [0.2, 0.25) is 0 Å². The Balaban J connectivity index is 2.21. The van der Waals surface area contributed by atoms with Crippen LogP contribution >= 0.6 is 11.6 Å². The second-order valence-electron chi connectivity index (χ2n) is 11.9. The van der Waals surface area contributed by atoms with Gasteiger partial charge >= 0.3 is 0 Å². The summed E-state index contributed by atoms with van der Waals surface area (Å²) in [4.78, 5) is 34.0. The van der Waals surface area contributed by atoms with E-state index in [0.29, 0.717) is 42.6 Å². The zero-order valence-electron chi connectivity index (χ0n) is 26.2. The van der Waals surface area contributed by atoms with Crippen molar-refractivity contribution in [2.75, 3.05) is 24.7 Å². The first kappa shape index (κ1) is 35.0. The minimum atomic E-state index is -4.20. The quantitative estimate of drug-likeness (QED) is 0.122. The molecule has 2 aromatic carbocycles. The normalized spacial score (nSPS) is 13.0.